The highest BCUT2D eigenvalue weighted by atomic mass is 16.1. The number of carbonyl (C=O) groups excluding carboxylic acids is 1. The van der Waals surface area contributed by atoms with Crippen molar-refractivity contribution in [3.05, 3.63) is 35.9 Å². The molecule has 0 bridgehead atoms. The van der Waals surface area contributed by atoms with Crippen molar-refractivity contribution in [1.82, 2.24) is 0 Å². The van der Waals surface area contributed by atoms with Gasteiger partial charge in [0.1, 0.15) is 5.78 Å². The number of Topliss-reactive ketones (excluding diaryl/α,β-unsaturated/α-hetero) is 1. The topological polar surface area (TPSA) is 17.1 Å². The molecule has 1 atom stereocenters. The smallest absolute Gasteiger partial charge is 0.132 e. The van der Waals surface area contributed by atoms with Crippen LogP contribution in [0.15, 0.2) is 30.3 Å². The van der Waals surface area contributed by atoms with Crippen LogP contribution in [-0.2, 0) is 11.2 Å². The summed E-state index contributed by atoms with van der Waals surface area (Å²) in [6.07, 6.45) is 5.52. The van der Waals surface area contributed by atoms with Crippen LogP contribution in [0, 0.1) is 5.92 Å². The number of unbranched alkanes of at least 4 members (excludes halogenated alkanes) is 1. The minimum Gasteiger partial charge on any atom is -0.300 e. The first-order valence-electron chi connectivity index (χ1n) is 6.28. The Hall–Kier alpha value is -1.11. The largest absolute Gasteiger partial charge is 0.300 e. The van der Waals surface area contributed by atoms with Gasteiger partial charge in [-0.1, -0.05) is 43.7 Å². The van der Waals surface area contributed by atoms with Gasteiger partial charge in [-0.15, -0.1) is 0 Å². The van der Waals surface area contributed by atoms with Crippen molar-refractivity contribution in [1.29, 1.82) is 0 Å². The van der Waals surface area contributed by atoms with Crippen molar-refractivity contribution in [3.8, 4) is 0 Å². The maximum atomic E-state index is 11.2. The third-order valence-electron chi connectivity index (χ3n) is 3.18. The van der Waals surface area contributed by atoms with Gasteiger partial charge in [-0.2, -0.15) is 0 Å². The third-order valence-corrected chi connectivity index (χ3v) is 3.18. The number of hydrogen-bond acceptors (Lipinski definition) is 1. The molecule has 1 aromatic carbocycles. The van der Waals surface area contributed by atoms with Crippen molar-refractivity contribution < 1.29 is 4.79 Å². The fourth-order valence-corrected chi connectivity index (χ4v) is 2.06. The van der Waals surface area contributed by atoms with E-state index in [2.05, 4.69) is 31.2 Å². The van der Waals surface area contributed by atoms with Crippen LogP contribution < -0.4 is 0 Å². The second-order valence-electron chi connectivity index (χ2n) is 4.45. The molecule has 1 rings (SSSR count). The number of ketones is 1. The lowest BCUT2D eigenvalue weighted by Gasteiger charge is -2.10. The molecule has 0 amide bonds. The Bertz CT molecular complexity index is 302. The SMILES string of the molecule is CCC(CCCCc1ccccc1)C(C)=O. The van der Waals surface area contributed by atoms with Crippen LogP contribution in [0.2, 0.25) is 0 Å². The molecule has 0 heterocycles. The maximum absolute atomic E-state index is 11.2. The summed E-state index contributed by atoms with van der Waals surface area (Å²) in [6, 6.07) is 10.6. The highest BCUT2D eigenvalue weighted by Crippen LogP contribution is 2.15. The molecular formula is C15H22O. The van der Waals surface area contributed by atoms with Gasteiger partial charge in [0.05, 0.1) is 0 Å². The number of carbonyl (C=O) groups is 1. The van der Waals surface area contributed by atoms with E-state index in [1.54, 1.807) is 6.92 Å². The molecule has 0 aliphatic rings. The lowest BCUT2D eigenvalue weighted by Crippen LogP contribution is -2.09. The van der Waals surface area contributed by atoms with Crippen molar-refractivity contribution in [3.63, 3.8) is 0 Å². The molecule has 0 aliphatic heterocycles. The standard InChI is InChI=1S/C15H22O/c1-3-15(13(2)16)12-8-7-11-14-9-5-4-6-10-14/h4-6,9-10,15H,3,7-8,11-12H2,1-2H3. The van der Waals surface area contributed by atoms with E-state index in [4.69, 9.17) is 0 Å². The van der Waals surface area contributed by atoms with Gasteiger partial charge in [-0.05, 0) is 38.2 Å². The van der Waals surface area contributed by atoms with Gasteiger partial charge in [-0.3, -0.25) is 4.79 Å². The molecule has 0 radical (unpaired) electrons. The minimum absolute atomic E-state index is 0.288. The molecule has 0 saturated heterocycles. The fraction of sp³-hybridized carbons (Fsp3) is 0.533. The van der Waals surface area contributed by atoms with Gasteiger partial charge in [0, 0.05) is 5.92 Å². The molecule has 0 N–H and O–H groups in total. The Morgan fingerprint density at radius 3 is 2.44 bits per heavy atom. The Morgan fingerprint density at radius 1 is 1.19 bits per heavy atom. The summed E-state index contributed by atoms with van der Waals surface area (Å²) in [6.45, 7) is 3.81. The van der Waals surface area contributed by atoms with E-state index in [9.17, 15) is 4.79 Å². The van der Waals surface area contributed by atoms with E-state index in [1.165, 1.54) is 12.0 Å². The average Bonchev–Trinajstić information content (AvgIpc) is 2.30. The van der Waals surface area contributed by atoms with E-state index >= 15 is 0 Å². The second kappa shape index (κ2) is 7.21. The van der Waals surface area contributed by atoms with Crippen LogP contribution in [0.4, 0.5) is 0 Å². The third kappa shape index (κ3) is 4.61. The predicted octanol–water partition coefficient (Wildman–Crippen LogP) is 4.01. The van der Waals surface area contributed by atoms with E-state index in [0.29, 0.717) is 5.78 Å². The molecule has 1 heteroatoms. The normalized spacial score (nSPS) is 12.4. The van der Waals surface area contributed by atoms with E-state index in [1.807, 2.05) is 6.07 Å². The zero-order valence-corrected chi connectivity index (χ0v) is 10.4. The van der Waals surface area contributed by atoms with Crippen LogP contribution in [0.1, 0.15) is 45.1 Å². The molecule has 88 valence electrons. The first-order chi connectivity index (χ1) is 7.74. The number of aryl methyl sites for hydroxylation is 1. The van der Waals surface area contributed by atoms with Crippen molar-refractivity contribution >= 4 is 5.78 Å². The number of benzene rings is 1. The summed E-state index contributed by atoms with van der Waals surface area (Å²) in [5.74, 6) is 0.637. The highest BCUT2D eigenvalue weighted by molar-refractivity contribution is 5.78. The van der Waals surface area contributed by atoms with Crippen molar-refractivity contribution in [2.24, 2.45) is 5.92 Å². The molecule has 16 heavy (non-hydrogen) atoms. The fourth-order valence-electron chi connectivity index (χ4n) is 2.06. The summed E-state index contributed by atoms with van der Waals surface area (Å²) >= 11 is 0. The van der Waals surface area contributed by atoms with Crippen molar-refractivity contribution in [2.45, 2.75) is 46.0 Å². The molecule has 0 spiro atoms. The zero-order valence-electron chi connectivity index (χ0n) is 10.4. The highest BCUT2D eigenvalue weighted by Gasteiger charge is 2.10. The molecule has 0 aliphatic carbocycles. The van der Waals surface area contributed by atoms with E-state index in [-0.39, 0.29) is 5.92 Å². The van der Waals surface area contributed by atoms with Crippen LogP contribution in [-0.4, -0.2) is 5.78 Å². The number of rotatable bonds is 7. The lowest BCUT2D eigenvalue weighted by atomic mass is 9.94. The minimum atomic E-state index is 0.288. The first kappa shape index (κ1) is 13.0. The van der Waals surface area contributed by atoms with Gasteiger partial charge in [-0.25, -0.2) is 0 Å². The van der Waals surface area contributed by atoms with Gasteiger partial charge in [0.25, 0.3) is 0 Å². The first-order valence-corrected chi connectivity index (χ1v) is 6.28. The second-order valence-corrected chi connectivity index (χ2v) is 4.45. The summed E-state index contributed by atoms with van der Waals surface area (Å²) in [7, 11) is 0. The average molecular weight is 218 g/mol. The van der Waals surface area contributed by atoms with Gasteiger partial charge < -0.3 is 0 Å². The Morgan fingerprint density at radius 2 is 1.88 bits per heavy atom. The zero-order chi connectivity index (χ0) is 11.8. The predicted molar refractivity (Wildman–Crippen MR) is 68.5 cm³/mol. The Balaban J connectivity index is 2.19. The van der Waals surface area contributed by atoms with Gasteiger partial charge in [0.2, 0.25) is 0 Å². The molecule has 1 nitrogen and oxygen atoms in total. The summed E-state index contributed by atoms with van der Waals surface area (Å²) in [4.78, 5) is 11.2. The molecule has 0 saturated carbocycles. The van der Waals surface area contributed by atoms with E-state index < -0.39 is 0 Å². The number of hydrogen-bond donors (Lipinski definition) is 0. The molecule has 0 fully saturated rings. The molecule has 1 unspecified atom stereocenters. The van der Waals surface area contributed by atoms with Crippen LogP contribution in [0.5, 0.6) is 0 Å². The maximum Gasteiger partial charge on any atom is 0.132 e. The Labute approximate surface area is 98.9 Å². The summed E-state index contributed by atoms with van der Waals surface area (Å²) in [5, 5.41) is 0. The molecule has 1 aromatic rings. The quantitative estimate of drug-likeness (QED) is 0.632. The summed E-state index contributed by atoms with van der Waals surface area (Å²) in [5.41, 5.74) is 1.40. The van der Waals surface area contributed by atoms with Crippen LogP contribution in [0.25, 0.3) is 0 Å². The Kier molecular flexibility index (Phi) is 5.84. The molecule has 0 aromatic heterocycles. The van der Waals surface area contributed by atoms with Gasteiger partial charge in [0.15, 0.2) is 0 Å². The van der Waals surface area contributed by atoms with E-state index in [0.717, 1.165) is 25.7 Å². The van der Waals surface area contributed by atoms with Gasteiger partial charge >= 0.3 is 0 Å². The van der Waals surface area contributed by atoms with Crippen molar-refractivity contribution in [2.75, 3.05) is 0 Å². The van der Waals surface area contributed by atoms with Crippen LogP contribution in [0.3, 0.4) is 0 Å². The lowest BCUT2D eigenvalue weighted by molar-refractivity contribution is -0.121. The van der Waals surface area contributed by atoms with Crippen LogP contribution >= 0.6 is 0 Å². The molecular weight excluding hydrogens is 196 g/mol. The summed E-state index contributed by atoms with van der Waals surface area (Å²) < 4.78 is 0. The monoisotopic (exact) mass is 218 g/mol.